The standard InChI is InChI=1S/C13H18ClNO2/c1-3-15(9-8-13(16)17-2)10-11-4-6-12(14)7-5-11/h4-7H,3,8-10H2,1-2H3. The minimum atomic E-state index is -0.167. The Hall–Kier alpha value is -1.06. The molecular weight excluding hydrogens is 238 g/mol. The maximum Gasteiger partial charge on any atom is 0.306 e. The molecule has 0 aliphatic carbocycles. The summed E-state index contributed by atoms with van der Waals surface area (Å²) < 4.78 is 4.63. The van der Waals surface area contributed by atoms with E-state index in [1.807, 2.05) is 24.3 Å². The molecule has 1 rings (SSSR count). The maximum absolute atomic E-state index is 11.1. The number of hydrogen-bond donors (Lipinski definition) is 0. The maximum atomic E-state index is 11.1. The van der Waals surface area contributed by atoms with Crippen LogP contribution in [0.15, 0.2) is 24.3 Å². The van der Waals surface area contributed by atoms with Crippen LogP contribution >= 0.6 is 11.6 Å². The third-order valence-corrected chi connectivity index (χ3v) is 2.88. The van der Waals surface area contributed by atoms with Crippen LogP contribution in [0, 0.1) is 0 Å². The molecule has 0 aliphatic heterocycles. The van der Waals surface area contributed by atoms with Crippen LogP contribution in [0.25, 0.3) is 0 Å². The summed E-state index contributed by atoms with van der Waals surface area (Å²) in [5, 5.41) is 0.742. The van der Waals surface area contributed by atoms with Crippen LogP contribution in [0.1, 0.15) is 18.9 Å². The van der Waals surface area contributed by atoms with Gasteiger partial charge in [-0.2, -0.15) is 0 Å². The molecule has 0 fully saturated rings. The molecule has 1 aromatic rings. The Morgan fingerprint density at radius 1 is 1.35 bits per heavy atom. The first-order valence-electron chi connectivity index (χ1n) is 5.69. The van der Waals surface area contributed by atoms with Gasteiger partial charge in [0.2, 0.25) is 0 Å². The van der Waals surface area contributed by atoms with Crippen LogP contribution in [-0.2, 0) is 16.1 Å². The second-order valence-corrected chi connectivity index (χ2v) is 4.26. The van der Waals surface area contributed by atoms with Gasteiger partial charge in [0.15, 0.2) is 0 Å². The van der Waals surface area contributed by atoms with Gasteiger partial charge in [0, 0.05) is 18.1 Å². The molecule has 0 aliphatic rings. The second kappa shape index (κ2) is 7.30. The first kappa shape index (κ1) is 14.0. The van der Waals surface area contributed by atoms with Crippen molar-refractivity contribution in [2.75, 3.05) is 20.2 Å². The Morgan fingerprint density at radius 2 is 2.00 bits per heavy atom. The van der Waals surface area contributed by atoms with Gasteiger partial charge in [-0.15, -0.1) is 0 Å². The first-order valence-corrected chi connectivity index (χ1v) is 6.07. The van der Waals surface area contributed by atoms with E-state index in [1.165, 1.54) is 12.7 Å². The number of halogens is 1. The molecule has 0 radical (unpaired) electrons. The van der Waals surface area contributed by atoms with Crippen molar-refractivity contribution in [1.82, 2.24) is 4.90 Å². The van der Waals surface area contributed by atoms with E-state index < -0.39 is 0 Å². The number of methoxy groups -OCH3 is 1. The third kappa shape index (κ3) is 5.20. The molecular formula is C13H18ClNO2. The molecule has 0 saturated carbocycles. The summed E-state index contributed by atoms with van der Waals surface area (Å²) in [6, 6.07) is 7.77. The molecule has 4 heteroatoms. The highest BCUT2D eigenvalue weighted by molar-refractivity contribution is 6.30. The molecule has 0 saturated heterocycles. The van der Waals surface area contributed by atoms with Gasteiger partial charge in [0.05, 0.1) is 13.5 Å². The van der Waals surface area contributed by atoms with Gasteiger partial charge >= 0.3 is 5.97 Å². The molecule has 0 heterocycles. The molecule has 0 atom stereocenters. The van der Waals surface area contributed by atoms with Gasteiger partial charge in [-0.25, -0.2) is 0 Å². The molecule has 94 valence electrons. The van der Waals surface area contributed by atoms with E-state index >= 15 is 0 Å². The summed E-state index contributed by atoms with van der Waals surface area (Å²) in [5.74, 6) is -0.167. The molecule has 0 bridgehead atoms. The number of carbonyl (C=O) groups is 1. The molecule has 0 amide bonds. The molecule has 17 heavy (non-hydrogen) atoms. The van der Waals surface area contributed by atoms with Gasteiger partial charge < -0.3 is 4.74 Å². The van der Waals surface area contributed by atoms with Crippen LogP contribution in [0.4, 0.5) is 0 Å². The number of esters is 1. The Kier molecular flexibility index (Phi) is 6.01. The smallest absolute Gasteiger partial charge is 0.306 e. The topological polar surface area (TPSA) is 29.5 Å². The Balaban J connectivity index is 2.46. The first-order chi connectivity index (χ1) is 8.15. The summed E-state index contributed by atoms with van der Waals surface area (Å²) in [7, 11) is 1.41. The molecule has 0 N–H and O–H groups in total. The van der Waals surface area contributed by atoms with E-state index in [-0.39, 0.29) is 5.97 Å². The summed E-state index contributed by atoms with van der Waals surface area (Å²) >= 11 is 5.83. The number of benzene rings is 1. The zero-order valence-corrected chi connectivity index (χ0v) is 11.0. The van der Waals surface area contributed by atoms with Crippen molar-refractivity contribution < 1.29 is 9.53 Å². The van der Waals surface area contributed by atoms with Crippen LogP contribution in [0.5, 0.6) is 0 Å². The Labute approximate surface area is 107 Å². The minimum Gasteiger partial charge on any atom is -0.469 e. The van der Waals surface area contributed by atoms with Gasteiger partial charge in [-0.05, 0) is 24.2 Å². The molecule has 3 nitrogen and oxygen atoms in total. The van der Waals surface area contributed by atoms with Gasteiger partial charge in [0.25, 0.3) is 0 Å². The van der Waals surface area contributed by atoms with Gasteiger partial charge in [-0.1, -0.05) is 30.7 Å². The van der Waals surface area contributed by atoms with Crippen LogP contribution in [0.3, 0.4) is 0 Å². The van der Waals surface area contributed by atoms with Gasteiger partial charge in [-0.3, -0.25) is 9.69 Å². The summed E-state index contributed by atoms with van der Waals surface area (Å²) in [5.41, 5.74) is 1.20. The number of carbonyl (C=O) groups excluding carboxylic acids is 1. The van der Waals surface area contributed by atoms with E-state index in [1.54, 1.807) is 0 Å². The highest BCUT2D eigenvalue weighted by Gasteiger charge is 2.07. The average molecular weight is 256 g/mol. The van der Waals surface area contributed by atoms with Crippen molar-refractivity contribution in [3.63, 3.8) is 0 Å². The van der Waals surface area contributed by atoms with Crippen molar-refractivity contribution in [2.24, 2.45) is 0 Å². The van der Waals surface area contributed by atoms with Crippen molar-refractivity contribution in [1.29, 1.82) is 0 Å². The van der Waals surface area contributed by atoms with E-state index in [0.717, 1.165) is 18.1 Å². The van der Waals surface area contributed by atoms with Crippen molar-refractivity contribution in [2.45, 2.75) is 19.9 Å². The van der Waals surface area contributed by atoms with E-state index in [9.17, 15) is 4.79 Å². The summed E-state index contributed by atoms with van der Waals surface area (Å²) in [6.45, 7) is 4.52. The van der Waals surface area contributed by atoms with Crippen molar-refractivity contribution >= 4 is 17.6 Å². The molecule has 0 unspecified atom stereocenters. The third-order valence-electron chi connectivity index (χ3n) is 2.63. The van der Waals surface area contributed by atoms with Crippen molar-refractivity contribution in [3.8, 4) is 0 Å². The number of nitrogens with zero attached hydrogens (tertiary/aromatic N) is 1. The predicted octanol–water partition coefficient (Wildman–Crippen LogP) is 2.73. The normalized spacial score (nSPS) is 10.6. The fourth-order valence-electron chi connectivity index (χ4n) is 1.55. The number of hydrogen-bond acceptors (Lipinski definition) is 3. The second-order valence-electron chi connectivity index (χ2n) is 3.82. The van der Waals surface area contributed by atoms with Gasteiger partial charge in [0.1, 0.15) is 0 Å². The highest BCUT2D eigenvalue weighted by Crippen LogP contribution is 2.11. The summed E-state index contributed by atoms with van der Waals surface area (Å²) in [4.78, 5) is 13.3. The van der Waals surface area contributed by atoms with E-state index in [4.69, 9.17) is 11.6 Å². The fourth-order valence-corrected chi connectivity index (χ4v) is 1.67. The van der Waals surface area contributed by atoms with Crippen LogP contribution < -0.4 is 0 Å². The molecule has 0 aromatic heterocycles. The molecule has 0 spiro atoms. The lowest BCUT2D eigenvalue weighted by molar-refractivity contribution is -0.141. The lowest BCUT2D eigenvalue weighted by Crippen LogP contribution is -2.26. The monoisotopic (exact) mass is 255 g/mol. The Bertz CT molecular complexity index is 351. The quantitative estimate of drug-likeness (QED) is 0.732. The zero-order chi connectivity index (χ0) is 12.7. The predicted molar refractivity (Wildman–Crippen MR) is 69.0 cm³/mol. The zero-order valence-electron chi connectivity index (χ0n) is 10.3. The number of rotatable bonds is 6. The highest BCUT2D eigenvalue weighted by atomic mass is 35.5. The van der Waals surface area contributed by atoms with E-state index in [2.05, 4.69) is 16.6 Å². The minimum absolute atomic E-state index is 0.167. The number of ether oxygens (including phenoxy) is 1. The molecule has 1 aromatic carbocycles. The Morgan fingerprint density at radius 3 is 2.53 bits per heavy atom. The largest absolute Gasteiger partial charge is 0.469 e. The van der Waals surface area contributed by atoms with Crippen molar-refractivity contribution in [3.05, 3.63) is 34.9 Å². The van der Waals surface area contributed by atoms with Crippen LogP contribution in [-0.4, -0.2) is 31.1 Å². The SMILES string of the molecule is CCN(CCC(=O)OC)Cc1ccc(Cl)cc1. The van der Waals surface area contributed by atoms with Crippen LogP contribution in [0.2, 0.25) is 5.02 Å². The lowest BCUT2D eigenvalue weighted by atomic mass is 10.2. The lowest BCUT2D eigenvalue weighted by Gasteiger charge is -2.19. The van der Waals surface area contributed by atoms with E-state index in [0.29, 0.717) is 13.0 Å². The average Bonchev–Trinajstić information content (AvgIpc) is 2.36. The fraction of sp³-hybridized carbons (Fsp3) is 0.462. The summed E-state index contributed by atoms with van der Waals surface area (Å²) in [6.07, 6.45) is 0.429.